The van der Waals surface area contributed by atoms with E-state index in [9.17, 15) is 0 Å². The summed E-state index contributed by atoms with van der Waals surface area (Å²) in [5.41, 5.74) is 0. The highest BCUT2D eigenvalue weighted by Gasteiger charge is 2.32. The molecule has 0 saturated heterocycles. The van der Waals surface area contributed by atoms with E-state index in [-0.39, 0.29) is 6.61 Å². The summed E-state index contributed by atoms with van der Waals surface area (Å²) in [4.78, 5) is 0. The third-order valence-electron chi connectivity index (χ3n) is 3.55. The Morgan fingerprint density at radius 1 is 1.38 bits per heavy atom. The highest BCUT2D eigenvalue weighted by Crippen LogP contribution is 2.35. The molecule has 0 aliphatic heterocycles. The summed E-state index contributed by atoms with van der Waals surface area (Å²) in [5, 5.41) is 12.8. The van der Waals surface area contributed by atoms with Gasteiger partial charge in [0.1, 0.15) is 0 Å². The lowest BCUT2D eigenvalue weighted by molar-refractivity contribution is 0.227. The molecule has 2 atom stereocenters. The van der Waals surface area contributed by atoms with Gasteiger partial charge in [-0.2, -0.15) is 0 Å². The molecule has 1 fully saturated rings. The number of hydrogen-bond donors (Lipinski definition) is 2. The quantitative estimate of drug-likeness (QED) is 0.591. The van der Waals surface area contributed by atoms with E-state index >= 15 is 0 Å². The molecular formula is C14H27NO. The lowest BCUT2D eigenvalue weighted by atomic mass is 9.97. The SMILES string of the molecule is C=CCCC(NC(CCO)C(C)C)C1CC1. The second-order valence-corrected chi connectivity index (χ2v) is 5.34. The molecule has 0 amide bonds. The highest BCUT2D eigenvalue weighted by molar-refractivity contribution is 4.90. The van der Waals surface area contributed by atoms with Crippen molar-refractivity contribution in [2.24, 2.45) is 11.8 Å². The number of allylic oxidation sites excluding steroid dienone is 1. The van der Waals surface area contributed by atoms with E-state index in [1.165, 1.54) is 19.3 Å². The van der Waals surface area contributed by atoms with Crippen LogP contribution in [0.3, 0.4) is 0 Å². The molecule has 94 valence electrons. The zero-order valence-electron chi connectivity index (χ0n) is 10.8. The Balaban J connectivity index is 2.40. The largest absolute Gasteiger partial charge is 0.396 e. The summed E-state index contributed by atoms with van der Waals surface area (Å²) in [6.07, 6.45) is 7.92. The van der Waals surface area contributed by atoms with Crippen LogP contribution in [-0.4, -0.2) is 23.8 Å². The molecule has 16 heavy (non-hydrogen) atoms. The fourth-order valence-electron chi connectivity index (χ4n) is 2.27. The maximum absolute atomic E-state index is 9.07. The normalized spacial score (nSPS) is 19.8. The summed E-state index contributed by atoms with van der Waals surface area (Å²) in [7, 11) is 0. The van der Waals surface area contributed by atoms with Crippen LogP contribution in [0.5, 0.6) is 0 Å². The molecule has 0 heterocycles. The molecule has 0 bridgehead atoms. The van der Waals surface area contributed by atoms with Gasteiger partial charge in [0, 0.05) is 18.7 Å². The molecule has 0 aromatic heterocycles. The number of aliphatic hydroxyl groups is 1. The van der Waals surface area contributed by atoms with E-state index in [0.717, 1.165) is 18.8 Å². The first-order chi connectivity index (χ1) is 7.69. The summed E-state index contributed by atoms with van der Waals surface area (Å²) in [6, 6.07) is 1.09. The van der Waals surface area contributed by atoms with Gasteiger partial charge in [0.15, 0.2) is 0 Å². The zero-order chi connectivity index (χ0) is 12.0. The van der Waals surface area contributed by atoms with Gasteiger partial charge in [-0.3, -0.25) is 0 Å². The molecule has 0 aromatic carbocycles. The van der Waals surface area contributed by atoms with Crippen molar-refractivity contribution < 1.29 is 5.11 Å². The molecule has 2 unspecified atom stereocenters. The van der Waals surface area contributed by atoms with E-state index in [1.54, 1.807) is 0 Å². The molecule has 0 spiro atoms. The van der Waals surface area contributed by atoms with Gasteiger partial charge >= 0.3 is 0 Å². The first-order valence-corrected chi connectivity index (χ1v) is 6.66. The van der Waals surface area contributed by atoms with Crippen molar-refractivity contribution in [2.75, 3.05) is 6.61 Å². The number of aliphatic hydroxyl groups excluding tert-OH is 1. The Labute approximate surface area is 100 Å². The van der Waals surface area contributed by atoms with Gasteiger partial charge in [-0.25, -0.2) is 0 Å². The predicted octanol–water partition coefficient (Wildman–Crippen LogP) is 2.73. The van der Waals surface area contributed by atoms with E-state index in [4.69, 9.17) is 5.11 Å². The van der Waals surface area contributed by atoms with Crippen LogP contribution in [0.15, 0.2) is 12.7 Å². The van der Waals surface area contributed by atoms with Crippen LogP contribution >= 0.6 is 0 Å². The summed E-state index contributed by atoms with van der Waals surface area (Å²) in [5.74, 6) is 1.47. The Hall–Kier alpha value is -0.340. The fraction of sp³-hybridized carbons (Fsp3) is 0.857. The fourth-order valence-corrected chi connectivity index (χ4v) is 2.27. The van der Waals surface area contributed by atoms with Crippen LogP contribution in [0, 0.1) is 11.8 Å². The standard InChI is InChI=1S/C14H27NO/c1-4-5-6-14(12-7-8-12)15-13(9-10-16)11(2)3/h4,11-16H,1,5-10H2,2-3H3. The molecule has 1 saturated carbocycles. The van der Waals surface area contributed by atoms with E-state index in [2.05, 4.69) is 25.7 Å². The first kappa shape index (κ1) is 13.7. The second kappa shape index (κ2) is 7.08. The van der Waals surface area contributed by atoms with Gasteiger partial charge in [-0.1, -0.05) is 19.9 Å². The van der Waals surface area contributed by atoms with Crippen molar-refractivity contribution in [2.45, 2.75) is 58.0 Å². The minimum atomic E-state index is 0.286. The third-order valence-corrected chi connectivity index (χ3v) is 3.55. The molecule has 2 N–H and O–H groups in total. The van der Waals surface area contributed by atoms with Crippen LogP contribution in [0.2, 0.25) is 0 Å². The highest BCUT2D eigenvalue weighted by atomic mass is 16.3. The third kappa shape index (κ3) is 4.67. The Morgan fingerprint density at radius 3 is 2.50 bits per heavy atom. The van der Waals surface area contributed by atoms with Gasteiger partial charge < -0.3 is 10.4 Å². The zero-order valence-corrected chi connectivity index (χ0v) is 10.8. The molecule has 1 aliphatic rings. The molecule has 2 nitrogen and oxygen atoms in total. The lowest BCUT2D eigenvalue weighted by Crippen LogP contribution is -2.43. The summed E-state index contributed by atoms with van der Waals surface area (Å²) >= 11 is 0. The van der Waals surface area contributed by atoms with Crippen molar-refractivity contribution in [3.63, 3.8) is 0 Å². The van der Waals surface area contributed by atoms with Gasteiger partial charge in [-0.05, 0) is 43.9 Å². The van der Waals surface area contributed by atoms with Crippen molar-refractivity contribution in [1.82, 2.24) is 5.32 Å². The Kier molecular flexibility index (Phi) is 6.07. The molecule has 0 aromatic rings. The minimum absolute atomic E-state index is 0.286. The molecule has 0 radical (unpaired) electrons. The summed E-state index contributed by atoms with van der Waals surface area (Å²) < 4.78 is 0. The van der Waals surface area contributed by atoms with Crippen LogP contribution < -0.4 is 5.32 Å². The average Bonchev–Trinajstić information content (AvgIpc) is 3.06. The summed E-state index contributed by atoms with van der Waals surface area (Å²) in [6.45, 7) is 8.54. The van der Waals surface area contributed by atoms with Crippen molar-refractivity contribution >= 4 is 0 Å². The lowest BCUT2D eigenvalue weighted by Gasteiger charge is -2.28. The molecular weight excluding hydrogens is 198 g/mol. The maximum Gasteiger partial charge on any atom is 0.0445 e. The monoisotopic (exact) mass is 225 g/mol. The van der Waals surface area contributed by atoms with Crippen molar-refractivity contribution in [3.05, 3.63) is 12.7 Å². The van der Waals surface area contributed by atoms with Crippen LogP contribution in [0.4, 0.5) is 0 Å². The van der Waals surface area contributed by atoms with Gasteiger partial charge in [0.05, 0.1) is 0 Å². The predicted molar refractivity (Wildman–Crippen MR) is 69.4 cm³/mol. The minimum Gasteiger partial charge on any atom is -0.396 e. The van der Waals surface area contributed by atoms with Crippen LogP contribution in [-0.2, 0) is 0 Å². The Bertz CT molecular complexity index is 199. The van der Waals surface area contributed by atoms with Gasteiger partial charge in [0.2, 0.25) is 0 Å². The average molecular weight is 225 g/mol. The van der Waals surface area contributed by atoms with E-state index in [0.29, 0.717) is 18.0 Å². The smallest absolute Gasteiger partial charge is 0.0445 e. The van der Waals surface area contributed by atoms with Crippen LogP contribution in [0.25, 0.3) is 0 Å². The van der Waals surface area contributed by atoms with E-state index < -0.39 is 0 Å². The van der Waals surface area contributed by atoms with Crippen molar-refractivity contribution in [3.8, 4) is 0 Å². The maximum atomic E-state index is 9.07. The van der Waals surface area contributed by atoms with Crippen molar-refractivity contribution in [1.29, 1.82) is 0 Å². The van der Waals surface area contributed by atoms with E-state index in [1.807, 2.05) is 6.08 Å². The second-order valence-electron chi connectivity index (χ2n) is 5.34. The van der Waals surface area contributed by atoms with Gasteiger partial charge in [-0.15, -0.1) is 6.58 Å². The number of rotatable bonds is 9. The topological polar surface area (TPSA) is 32.3 Å². The molecule has 2 heteroatoms. The van der Waals surface area contributed by atoms with Gasteiger partial charge in [0.25, 0.3) is 0 Å². The van der Waals surface area contributed by atoms with Crippen LogP contribution in [0.1, 0.15) is 46.0 Å². The first-order valence-electron chi connectivity index (χ1n) is 6.66. The Morgan fingerprint density at radius 2 is 2.06 bits per heavy atom. The number of hydrogen-bond acceptors (Lipinski definition) is 2. The molecule has 1 aliphatic carbocycles. The molecule has 1 rings (SSSR count). The number of nitrogens with one attached hydrogen (secondary N) is 1.